The lowest BCUT2D eigenvalue weighted by atomic mass is 10.1. The molecule has 0 aliphatic heterocycles. The highest BCUT2D eigenvalue weighted by Gasteiger charge is 2.13. The minimum atomic E-state index is -0.428. The van der Waals surface area contributed by atoms with E-state index in [1.165, 1.54) is 0 Å². The number of carbonyl (C=O) groups is 2. The maximum atomic E-state index is 12.3. The molecule has 2 aromatic carbocycles. The molecule has 0 fully saturated rings. The summed E-state index contributed by atoms with van der Waals surface area (Å²) in [5.41, 5.74) is 1.73. The molecule has 0 aliphatic rings. The molecule has 0 saturated heterocycles. The minimum Gasteiger partial charge on any atom is -0.492 e. The summed E-state index contributed by atoms with van der Waals surface area (Å²) in [5.74, 6) is -0.188. The fourth-order valence-corrected chi connectivity index (χ4v) is 2.35. The monoisotopic (exact) mass is 361 g/mol. The van der Waals surface area contributed by atoms with Crippen LogP contribution >= 0.6 is 11.6 Å². The van der Waals surface area contributed by atoms with Crippen LogP contribution < -0.4 is 10.1 Å². The van der Waals surface area contributed by atoms with Crippen LogP contribution in [0.5, 0.6) is 5.75 Å². The van der Waals surface area contributed by atoms with Crippen LogP contribution in [0, 0.1) is 0 Å². The number of carbonyl (C=O) groups excluding carboxylic acids is 2. The molecular weight excluding hydrogens is 342 g/mol. The van der Waals surface area contributed by atoms with E-state index in [4.69, 9.17) is 21.1 Å². The van der Waals surface area contributed by atoms with Gasteiger partial charge in [-0.1, -0.05) is 23.7 Å². The molecule has 0 heterocycles. The van der Waals surface area contributed by atoms with Crippen LogP contribution in [0.1, 0.15) is 29.8 Å². The molecule has 25 heavy (non-hydrogen) atoms. The van der Waals surface area contributed by atoms with Crippen molar-refractivity contribution in [2.24, 2.45) is 0 Å². The van der Waals surface area contributed by atoms with E-state index in [2.05, 4.69) is 5.32 Å². The molecule has 0 atom stereocenters. The lowest BCUT2D eigenvalue weighted by Crippen LogP contribution is -2.15. The molecule has 0 saturated carbocycles. The second kappa shape index (κ2) is 9.08. The SMILES string of the molecule is CCOC(=O)c1ccc(NC(=O)Cc2ccc(Cl)cc2)c(OCC)c1. The Balaban J connectivity index is 2.12. The Kier molecular flexibility index (Phi) is 6.83. The Morgan fingerprint density at radius 3 is 2.40 bits per heavy atom. The van der Waals surface area contributed by atoms with Crippen LogP contribution in [-0.2, 0) is 16.0 Å². The summed E-state index contributed by atoms with van der Waals surface area (Å²) in [4.78, 5) is 24.1. The maximum Gasteiger partial charge on any atom is 0.338 e. The Labute approximate surface area is 151 Å². The van der Waals surface area contributed by atoms with Crippen molar-refractivity contribution in [3.63, 3.8) is 0 Å². The highest BCUT2D eigenvalue weighted by Crippen LogP contribution is 2.26. The van der Waals surface area contributed by atoms with Crippen LogP contribution in [0.25, 0.3) is 0 Å². The van der Waals surface area contributed by atoms with Gasteiger partial charge in [-0.3, -0.25) is 4.79 Å². The first-order chi connectivity index (χ1) is 12.0. The second-order valence-electron chi connectivity index (χ2n) is 5.22. The lowest BCUT2D eigenvalue weighted by Gasteiger charge is -2.13. The van der Waals surface area contributed by atoms with Crippen LogP contribution in [-0.4, -0.2) is 25.1 Å². The van der Waals surface area contributed by atoms with Gasteiger partial charge in [-0.05, 0) is 49.7 Å². The molecule has 5 nitrogen and oxygen atoms in total. The molecule has 6 heteroatoms. The Bertz CT molecular complexity index is 744. The third-order valence-electron chi connectivity index (χ3n) is 3.34. The van der Waals surface area contributed by atoms with Crippen molar-refractivity contribution in [3.05, 3.63) is 58.6 Å². The number of benzene rings is 2. The quantitative estimate of drug-likeness (QED) is 0.754. The highest BCUT2D eigenvalue weighted by atomic mass is 35.5. The van der Waals surface area contributed by atoms with Crippen LogP contribution in [0.4, 0.5) is 5.69 Å². The molecule has 0 radical (unpaired) electrons. The van der Waals surface area contributed by atoms with Crippen LogP contribution in [0.15, 0.2) is 42.5 Å². The molecule has 0 aliphatic carbocycles. The number of hydrogen-bond donors (Lipinski definition) is 1. The number of rotatable bonds is 7. The Morgan fingerprint density at radius 2 is 1.76 bits per heavy atom. The predicted molar refractivity (Wildman–Crippen MR) is 97.4 cm³/mol. The summed E-state index contributed by atoms with van der Waals surface area (Å²) in [6, 6.07) is 11.9. The van der Waals surface area contributed by atoms with Gasteiger partial charge in [0.05, 0.1) is 30.9 Å². The average Bonchev–Trinajstić information content (AvgIpc) is 2.59. The summed E-state index contributed by atoms with van der Waals surface area (Å²) >= 11 is 5.84. The van der Waals surface area contributed by atoms with Crippen molar-refractivity contribution in [3.8, 4) is 5.75 Å². The number of anilines is 1. The fourth-order valence-electron chi connectivity index (χ4n) is 2.22. The first kappa shape index (κ1) is 18.8. The van der Waals surface area contributed by atoms with Gasteiger partial charge in [-0.25, -0.2) is 4.79 Å². The molecule has 0 spiro atoms. The van der Waals surface area contributed by atoms with Gasteiger partial charge in [-0.2, -0.15) is 0 Å². The van der Waals surface area contributed by atoms with Crippen molar-refractivity contribution >= 4 is 29.2 Å². The number of amides is 1. The largest absolute Gasteiger partial charge is 0.492 e. The summed E-state index contributed by atoms with van der Waals surface area (Å²) in [5, 5.41) is 3.43. The summed E-state index contributed by atoms with van der Waals surface area (Å²) in [6.45, 7) is 4.28. The summed E-state index contributed by atoms with van der Waals surface area (Å²) < 4.78 is 10.5. The molecule has 0 aromatic heterocycles. The van der Waals surface area contributed by atoms with Gasteiger partial charge < -0.3 is 14.8 Å². The van der Waals surface area contributed by atoms with Crippen LogP contribution in [0.2, 0.25) is 5.02 Å². The second-order valence-corrected chi connectivity index (χ2v) is 5.65. The van der Waals surface area contributed by atoms with E-state index in [1.54, 1.807) is 49.4 Å². The smallest absolute Gasteiger partial charge is 0.338 e. The van der Waals surface area contributed by atoms with Gasteiger partial charge in [0.2, 0.25) is 5.91 Å². The van der Waals surface area contributed by atoms with Gasteiger partial charge in [-0.15, -0.1) is 0 Å². The normalized spacial score (nSPS) is 10.2. The molecular formula is C19H20ClNO4. The zero-order valence-corrected chi connectivity index (χ0v) is 14.9. The number of hydrogen-bond acceptors (Lipinski definition) is 4. The average molecular weight is 362 g/mol. The van der Waals surface area contributed by atoms with Gasteiger partial charge in [0.1, 0.15) is 5.75 Å². The Hall–Kier alpha value is -2.53. The van der Waals surface area contributed by atoms with E-state index in [9.17, 15) is 9.59 Å². The molecule has 2 aromatic rings. The van der Waals surface area contributed by atoms with Gasteiger partial charge in [0.25, 0.3) is 0 Å². The van der Waals surface area contributed by atoms with E-state index < -0.39 is 5.97 Å². The predicted octanol–water partition coefficient (Wildman–Crippen LogP) is 4.10. The Morgan fingerprint density at radius 1 is 1.04 bits per heavy atom. The molecule has 2 rings (SSSR count). The van der Waals surface area contributed by atoms with Crippen molar-refractivity contribution < 1.29 is 19.1 Å². The topological polar surface area (TPSA) is 64.6 Å². The number of ether oxygens (including phenoxy) is 2. The maximum absolute atomic E-state index is 12.3. The van der Waals surface area contributed by atoms with Crippen molar-refractivity contribution in [2.75, 3.05) is 18.5 Å². The van der Waals surface area contributed by atoms with Gasteiger partial charge in [0.15, 0.2) is 0 Å². The van der Waals surface area contributed by atoms with Gasteiger partial charge >= 0.3 is 5.97 Å². The lowest BCUT2D eigenvalue weighted by molar-refractivity contribution is -0.115. The molecule has 0 bridgehead atoms. The van der Waals surface area contributed by atoms with E-state index in [0.29, 0.717) is 35.2 Å². The van der Waals surface area contributed by atoms with E-state index in [1.807, 2.05) is 6.92 Å². The van der Waals surface area contributed by atoms with Crippen molar-refractivity contribution in [2.45, 2.75) is 20.3 Å². The zero-order valence-electron chi connectivity index (χ0n) is 14.2. The molecule has 1 N–H and O–H groups in total. The van der Waals surface area contributed by atoms with E-state index in [0.717, 1.165) is 5.56 Å². The molecule has 1 amide bonds. The molecule has 132 valence electrons. The number of esters is 1. The van der Waals surface area contributed by atoms with E-state index in [-0.39, 0.29) is 12.3 Å². The minimum absolute atomic E-state index is 0.188. The summed E-state index contributed by atoms with van der Waals surface area (Å²) in [7, 11) is 0. The third-order valence-corrected chi connectivity index (χ3v) is 3.60. The van der Waals surface area contributed by atoms with Crippen molar-refractivity contribution in [1.82, 2.24) is 0 Å². The fraction of sp³-hybridized carbons (Fsp3) is 0.263. The standard InChI is InChI=1S/C19H20ClNO4/c1-3-24-17-12-14(19(23)25-4-2)7-10-16(17)21-18(22)11-13-5-8-15(20)9-6-13/h5-10,12H,3-4,11H2,1-2H3,(H,21,22). The third kappa shape index (κ3) is 5.50. The first-order valence-electron chi connectivity index (χ1n) is 8.01. The van der Waals surface area contributed by atoms with Crippen LogP contribution in [0.3, 0.4) is 0 Å². The van der Waals surface area contributed by atoms with E-state index >= 15 is 0 Å². The van der Waals surface area contributed by atoms with Gasteiger partial charge in [0, 0.05) is 5.02 Å². The molecule has 0 unspecified atom stereocenters. The summed E-state index contributed by atoms with van der Waals surface area (Å²) in [6.07, 6.45) is 0.211. The highest BCUT2D eigenvalue weighted by molar-refractivity contribution is 6.30. The van der Waals surface area contributed by atoms with Crippen molar-refractivity contribution in [1.29, 1.82) is 0 Å². The first-order valence-corrected chi connectivity index (χ1v) is 8.39. The number of halogens is 1. The number of nitrogens with one attached hydrogen (secondary N) is 1. The zero-order chi connectivity index (χ0) is 18.2.